The van der Waals surface area contributed by atoms with Crippen molar-refractivity contribution in [1.82, 2.24) is 0 Å². The third kappa shape index (κ3) is 14.2. The fourth-order valence-corrected chi connectivity index (χ4v) is 3.11. The molecule has 0 saturated heterocycles. The molecule has 0 fully saturated rings. The third-order valence-electron chi connectivity index (χ3n) is 4.90. The van der Waals surface area contributed by atoms with Crippen molar-refractivity contribution in [2.24, 2.45) is 5.73 Å². The Hall–Kier alpha value is -0.160. The lowest BCUT2D eigenvalue weighted by atomic mass is 10.00. The first-order valence-electron chi connectivity index (χ1n) is 10.4. The third-order valence-corrected chi connectivity index (χ3v) is 4.90. The van der Waals surface area contributed by atoms with Crippen LogP contribution >= 0.6 is 0 Å². The molecule has 24 heavy (non-hydrogen) atoms. The Bertz CT molecular complexity index is 251. The molecule has 0 aromatic heterocycles. The van der Waals surface area contributed by atoms with Gasteiger partial charge in [0.1, 0.15) is 0 Å². The zero-order valence-electron chi connectivity index (χ0n) is 16.0. The van der Waals surface area contributed by atoms with Crippen LogP contribution in [0, 0.1) is 0 Å². The van der Waals surface area contributed by atoms with Gasteiger partial charge in [-0.25, -0.2) is 0 Å². The van der Waals surface area contributed by atoms with Crippen LogP contribution in [0.3, 0.4) is 0 Å². The maximum absolute atomic E-state index is 9.77. The highest BCUT2D eigenvalue weighted by Crippen LogP contribution is 2.14. The van der Waals surface area contributed by atoms with E-state index in [1.54, 1.807) is 0 Å². The topological polar surface area (TPSA) is 86.7 Å². The van der Waals surface area contributed by atoms with Gasteiger partial charge in [-0.1, -0.05) is 96.8 Å². The fraction of sp³-hybridized carbons (Fsp3) is 1.00. The number of aliphatic hydroxyl groups excluding tert-OH is 3. The Morgan fingerprint density at radius 3 is 1.42 bits per heavy atom. The lowest BCUT2D eigenvalue weighted by Crippen LogP contribution is -2.45. The highest BCUT2D eigenvalue weighted by atomic mass is 16.3. The monoisotopic (exact) mass is 345 g/mol. The summed E-state index contributed by atoms with van der Waals surface area (Å²) in [6.07, 6.45) is 17.0. The zero-order chi connectivity index (χ0) is 18.0. The quantitative estimate of drug-likeness (QED) is 0.284. The normalized spacial score (nSPS) is 15.4. The molecule has 0 unspecified atom stereocenters. The van der Waals surface area contributed by atoms with Crippen LogP contribution in [0.1, 0.15) is 103 Å². The van der Waals surface area contributed by atoms with Crippen LogP contribution in [0.25, 0.3) is 0 Å². The molecule has 0 aliphatic heterocycles. The van der Waals surface area contributed by atoms with E-state index in [0.29, 0.717) is 6.42 Å². The first kappa shape index (κ1) is 23.8. The van der Waals surface area contributed by atoms with Gasteiger partial charge in [-0.05, 0) is 6.42 Å². The van der Waals surface area contributed by atoms with Crippen molar-refractivity contribution in [3.63, 3.8) is 0 Å². The minimum Gasteiger partial charge on any atom is -0.395 e. The van der Waals surface area contributed by atoms with Crippen molar-refractivity contribution in [2.75, 3.05) is 6.61 Å². The van der Waals surface area contributed by atoms with Gasteiger partial charge in [0.25, 0.3) is 0 Å². The molecule has 0 aliphatic rings. The standard InChI is InChI=1S/C20H43NO3/c1-2-3-4-5-6-7-8-9-10-11-12-13-14-15-16-19(23)20(24)18(21)17-22/h18-20,22-24H,2-17,21H2,1H3/t18-,19+,20-/m1/s1. The molecule has 0 rings (SSSR count). The molecule has 4 heteroatoms. The molecule has 5 N–H and O–H groups in total. The van der Waals surface area contributed by atoms with Gasteiger partial charge in [0.15, 0.2) is 0 Å². The number of hydrogen-bond donors (Lipinski definition) is 4. The van der Waals surface area contributed by atoms with E-state index in [0.717, 1.165) is 12.8 Å². The molecule has 3 atom stereocenters. The maximum Gasteiger partial charge on any atom is 0.0971 e. The second-order valence-corrected chi connectivity index (χ2v) is 7.29. The number of unbranched alkanes of at least 4 members (excludes halogenated alkanes) is 13. The Morgan fingerprint density at radius 2 is 1.04 bits per heavy atom. The van der Waals surface area contributed by atoms with Crippen molar-refractivity contribution in [2.45, 2.75) is 121 Å². The van der Waals surface area contributed by atoms with Gasteiger partial charge in [-0.3, -0.25) is 0 Å². The summed E-state index contributed by atoms with van der Waals surface area (Å²) >= 11 is 0. The molecule has 0 aromatic rings. The van der Waals surface area contributed by atoms with Crippen LogP contribution in [0.15, 0.2) is 0 Å². The summed E-state index contributed by atoms with van der Waals surface area (Å²) in [6, 6.07) is -0.744. The molecule has 0 spiro atoms. The molecule has 0 saturated carbocycles. The van der Waals surface area contributed by atoms with Gasteiger partial charge >= 0.3 is 0 Å². The summed E-state index contributed by atoms with van der Waals surface area (Å²) in [5.41, 5.74) is 5.51. The summed E-state index contributed by atoms with van der Waals surface area (Å²) in [4.78, 5) is 0. The van der Waals surface area contributed by atoms with Gasteiger partial charge in [-0.2, -0.15) is 0 Å². The van der Waals surface area contributed by atoms with Crippen molar-refractivity contribution in [1.29, 1.82) is 0 Å². The van der Waals surface area contributed by atoms with Crippen LogP contribution in [-0.2, 0) is 0 Å². The minimum absolute atomic E-state index is 0.295. The van der Waals surface area contributed by atoms with E-state index in [2.05, 4.69) is 6.92 Å². The lowest BCUT2D eigenvalue weighted by molar-refractivity contribution is -0.0121. The van der Waals surface area contributed by atoms with E-state index < -0.39 is 18.2 Å². The molecule has 0 amide bonds. The molecule has 0 aromatic carbocycles. The fourth-order valence-electron chi connectivity index (χ4n) is 3.11. The number of hydrogen-bond acceptors (Lipinski definition) is 4. The van der Waals surface area contributed by atoms with E-state index >= 15 is 0 Å². The van der Waals surface area contributed by atoms with E-state index in [-0.39, 0.29) is 6.61 Å². The second-order valence-electron chi connectivity index (χ2n) is 7.29. The van der Waals surface area contributed by atoms with E-state index in [4.69, 9.17) is 10.8 Å². The van der Waals surface area contributed by atoms with E-state index in [9.17, 15) is 10.2 Å². The smallest absolute Gasteiger partial charge is 0.0971 e. The SMILES string of the molecule is CCCCCCCCCCCCCCCC[C@H](O)[C@H](O)[C@H](N)CO. The molecular formula is C20H43NO3. The Balaban J connectivity index is 3.23. The average Bonchev–Trinajstić information content (AvgIpc) is 2.60. The summed E-state index contributed by atoms with van der Waals surface area (Å²) in [7, 11) is 0. The first-order valence-corrected chi connectivity index (χ1v) is 10.4. The van der Waals surface area contributed by atoms with Gasteiger partial charge in [-0.15, -0.1) is 0 Å². The van der Waals surface area contributed by atoms with Crippen molar-refractivity contribution in [3.05, 3.63) is 0 Å². The summed E-state index contributed by atoms with van der Waals surface area (Å²) < 4.78 is 0. The van der Waals surface area contributed by atoms with Gasteiger partial charge in [0.2, 0.25) is 0 Å². The molecular weight excluding hydrogens is 302 g/mol. The second kappa shape index (κ2) is 17.7. The number of rotatable bonds is 18. The van der Waals surface area contributed by atoms with Crippen LogP contribution in [0.5, 0.6) is 0 Å². The predicted octanol–water partition coefficient (Wildman–Crippen LogP) is 3.90. The summed E-state index contributed by atoms with van der Waals surface area (Å²) in [5, 5.41) is 28.3. The van der Waals surface area contributed by atoms with E-state index in [1.807, 2.05) is 0 Å². The van der Waals surface area contributed by atoms with Crippen LogP contribution in [-0.4, -0.2) is 40.2 Å². The Morgan fingerprint density at radius 1 is 0.667 bits per heavy atom. The first-order chi connectivity index (χ1) is 11.6. The summed E-state index contributed by atoms with van der Waals surface area (Å²) in [5.74, 6) is 0. The van der Waals surface area contributed by atoms with Gasteiger partial charge in [0, 0.05) is 0 Å². The largest absolute Gasteiger partial charge is 0.395 e. The van der Waals surface area contributed by atoms with Gasteiger partial charge < -0.3 is 21.1 Å². The number of nitrogens with two attached hydrogens (primary N) is 1. The average molecular weight is 346 g/mol. The highest BCUT2D eigenvalue weighted by Gasteiger charge is 2.22. The maximum atomic E-state index is 9.77. The Labute approximate surface area is 149 Å². The highest BCUT2D eigenvalue weighted by molar-refractivity contribution is 4.77. The van der Waals surface area contributed by atoms with E-state index in [1.165, 1.54) is 77.0 Å². The molecule has 146 valence electrons. The minimum atomic E-state index is -1.02. The summed E-state index contributed by atoms with van der Waals surface area (Å²) in [6.45, 7) is 1.97. The predicted molar refractivity (Wildman–Crippen MR) is 102 cm³/mol. The van der Waals surface area contributed by atoms with Gasteiger partial charge in [0.05, 0.1) is 24.9 Å². The van der Waals surface area contributed by atoms with Crippen molar-refractivity contribution >= 4 is 0 Å². The molecule has 4 nitrogen and oxygen atoms in total. The van der Waals surface area contributed by atoms with Crippen LogP contribution in [0.2, 0.25) is 0 Å². The molecule has 0 bridgehead atoms. The molecule has 0 heterocycles. The van der Waals surface area contributed by atoms with Crippen LogP contribution in [0.4, 0.5) is 0 Å². The number of aliphatic hydroxyl groups is 3. The van der Waals surface area contributed by atoms with Crippen molar-refractivity contribution < 1.29 is 15.3 Å². The molecule has 0 radical (unpaired) electrons. The zero-order valence-corrected chi connectivity index (χ0v) is 16.0. The lowest BCUT2D eigenvalue weighted by Gasteiger charge is -2.22. The van der Waals surface area contributed by atoms with Crippen molar-refractivity contribution in [3.8, 4) is 0 Å². The Kier molecular flexibility index (Phi) is 17.5. The molecule has 0 aliphatic carbocycles. The van der Waals surface area contributed by atoms with Crippen LogP contribution < -0.4 is 5.73 Å².